The summed E-state index contributed by atoms with van der Waals surface area (Å²) in [5.41, 5.74) is 2.37. The number of carbonyl (C=O) groups is 2. The van der Waals surface area contributed by atoms with Crippen molar-refractivity contribution in [1.82, 2.24) is 13.9 Å². The Morgan fingerprint density at radius 2 is 1.81 bits per heavy atom. The third-order valence-electron chi connectivity index (χ3n) is 5.06. The predicted molar refractivity (Wildman–Crippen MR) is 121 cm³/mol. The van der Waals surface area contributed by atoms with Gasteiger partial charge in [-0.15, -0.1) is 0 Å². The summed E-state index contributed by atoms with van der Waals surface area (Å²) in [4.78, 5) is 28.7. The van der Waals surface area contributed by atoms with Crippen molar-refractivity contribution in [1.29, 1.82) is 0 Å². The highest BCUT2D eigenvalue weighted by Crippen LogP contribution is 2.23. The van der Waals surface area contributed by atoms with E-state index in [1.165, 1.54) is 21.2 Å². The zero-order chi connectivity index (χ0) is 23.5. The number of aromatic nitrogens is 2. The van der Waals surface area contributed by atoms with Crippen LogP contribution in [0.25, 0.3) is 11.0 Å². The number of hydrogen-bond acceptors (Lipinski definition) is 6. The van der Waals surface area contributed by atoms with Gasteiger partial charge in [-0.1, -0.05) is 0 Å². The molecule has 9 nitrogen and oxygen atoms in total. The molecule has 0 aliphatic carbocycles. The lowest BCUT2D eigenvalue weighted by molar-refractivity contribution is -0.116. The Morgan fingerprint density at radius 1 is 1.12 bits per heavy atom. The van der Waals surface area contributed by atoms with Crippen molar-refractivity contribution in [2.24, 2.45) is 0 Å². The molecule has 1 heterocycles. The minimum atomic E-state index is -3.56. The number of methoxy groups -OCH3 is 1. The number of hydrogen-bond donors (Lipinski definition) is 1. The van der Waals surface area contributed by atoms with E-state index in [9.17, 15) is 18.0 Å². The highest BCUT2D eigenvalue weighted by atomic mass is 32.2. The molecule has 1 aromatic heterocycles. The van der Waals surface area contributed by atoms with Crippen molar-refractivity contribution >= 4 is 38.6 Å². The average molecular weight is 459 g/mol. The van der Waals surface area contributed by atoms with E-state index in [1.807, 2.05) is 11.5 Å². The number of anilines is 1. The third kappa shape index (κ3) is 4.81. The lowest BCUT2D eigenvalue weighted by atomic mass is 10.2. The smallest absolute Gasteiger partial charge is 0.337 e. The molecular formula is C22H26N4O5S. The van der Waals surface area contributed by atoms with Crippen LogP contribution in [0.15, 0.2) is 47.4 Å². The molecule has 0 spiro atoms. The SMILES string of the molecule is CCn1c(CCC(=O)Nc2ccc(C(=O)OC)cc2)nc2cc(S(=O)(=O)N(C)C)ccc21. The summed E-state index contributed by atoms with van der Waals surface area (Å²) in [6, 6.07) is 11.3. The highest BCUT2D eigenvalue weighted by Gasteiger charge is 2.19. The Balaban J connectivity index is 1.74. The molecule has 1 amide bonds. The third-order valence-corrected chi connectivity index (χ3v) is 6.87. The van der Waals surface area contributed by atoms with E-state index in [0.717, 1.165) is 9.82 Å². The van der Waals surface area contributed by atoms with E-state index in [-0.39, 0.29) is 17.2 Å². The number of rotatable bonds is 8. The summed E-state index contributed by atoms with van der Waals surface area (Å²) in [7, 11) is 0.718. The molecule has 0 atom stereocenters. The fourth-order valence-electron chi connectivity index (χ4n) is 3.33. The van der Waals surface area contributed by atoms with E-state index >= 15 is 0 Å². The molecule has 0 aliphatic rings. The first-order valence-electron chi connectivity index (χ1n) is 10.1. The number of ether oxygens (including phenoxy) is 1. The molecule has 1 N–H and O–H groups in total. The standard InChI is InChI=1S/C22H26N4O5S/c1-5-26-19-11-10-17(32(29,30)25(2)3)14-18(19)24-20(26)12-13-21(27)23-16-8-6-15(7-9-16)22(28)31-4/h6-11,14H,5,12-13H2,1-4H3,(H,23,27). The first-order chi connectivity index (χ1) is 15.2. The summed E-state index contributed by atoms with van der Waals surface area (Å²) in [5, 5.41) is 2.80. The van der Waals surface area contributed by atoms with Crippen LogP contribution in [0.3, 0.4) is 0 Å². The fourth-order valence-corrected chi connectivity index (χ4v) is 4.25. The van der Waals surface area contributed by atoms with E-state index in [0.29, 0.717) is 35.6 Å². The van der Waals surface area contributed by atoms with E-state index in [1.54, 1.807) is 42.5 Å². The lowest BCUT2D eigenvalue weighted by Crippen LogP contribution is -2.22. The molecule has 2 aromatic carbocycles. The number of carbonyl (C=O) groups excluding carboxylic acids is 2. The Hall–Kier alpha value is -3.24. The molecule has 0 saturated carbocycles. The number of fused-ring (bicyclic) bond motifs is 1. The summed E-state index contributed by atoms with van der Waals surface area (Å²) >= 11 is 0. The predicted octanol–water partition coefficient (Wildman–Crippen LogP) is 2.66. The van der Waals surface area contributed by atoms with Gasteiger partial charge in [0.15, 0.2) is 0 Å². The second kappa shape index (κ2) is 9.49. The van der Waals surface area contributed by atoms with Crippen LogP contribution in [-0.2, 0) is 32.5 Å². The number of sulfonamides is 1. The average Bonchev–Trinajstić information content (AvgIpc) is 3.14. The van der Waals surface area contributed by atoms with Gasteiger partial charge in [0.25, 0.3) is 0 Å². The van der Waals surface area contributed by atoms with Crippen molar-refractivity contribution in [3.8, 4) is 0 Å². The number of amides is 1. The molecule has 32 heavy (non-hydrogen) atoms. The van der Waals surface area contributed by atoms with Gasteiger partial charge in [-0.25, -0.2) is 22.5 Å². The topological polar surface area (TPSA) is 111 Å². The fraction of sp³-hybridized carbons (Fsp3) is 0.318. The van der Waals surface area contributed by atoms with Crippen LogP contribution in [-0.4, -0.2) is 55.4 Å². The molecular weight excluding hydrogens is 432 g/mol. The largest absolute Gasteiger partial charge is 0.465 e. The zero-order valence-electron chi connectivity index (χ0n) is 18.5. The second-order valence-corrected chi connectivity index (χ2v) is 9.48. The van der Waals surface area contributed by atoms with Crippen LogP contribution in [0.1, 0.15) is 29.5 Å². The lowest BCUT2D eigenvalue weighted by Gasteiger charge is -2.11. The minimum absolute atomic E-state index is 0.176. The van der Waals surface area contributed by atoms with Crippen molar-refractivity contribution in [3.63, 3.8) is 0 Å². The summed E-state index contributed by atoms with van der Waals surface area (Å²) in [5.74, 6) is 0.0716. The Morgan fingerprint density at radius 3 is 2.41 bits per heavy atom. The summed E-state index contributed by atoms with van der Waals surface area (Å²) in [6.07, 6.45) is 0.593. The number of imidazole rings is 1. The number of benzene rings is 2. The molecule has 0 radical (unpaired) electrons. The van der Waals surface area contributed by atoms with Gasteiger partial charge in [-0.3, -0.25) is 4.79 Å². The van der Waals surface area contributed by atoms with Gasteiger partial charge in [0, 0.05) is 39.2 Å². The molecule has 3 rings (SSSR count). The normalized spacial score (nSPS) is 11.7. The maximum Gasteiger partial charge on any atom is 0.337 e. The van der Waals surface area contributed by atoms with E-state index < -0.39 is 16.0 Å². The number of nitrogens with one attached hydrogen (secondary N) is 1. The molecule has 0 unspecified atom stereocenters. The van der Waals surface area contributed by atoms with Crippen molar-refractivity contribution < 1.29 is 22.7 Å². The van der Waals surface area contributed by atoms with Gasteiger partial charge in [-0.05, 0) is 49.4 Å². The summed E-state index contributed by atoms with van der Waals surface area (Å²) in [6.45, 7) is 2.61. The minimum Gasteiger partial charge on any atom is -0.465 e. The van der Waals surface area contributed by atoms with Gasteiger partial charge in [0.1, 0.15) is 5.82 Å². The highest BCUT2D eigenvalue weighted by molar-refractivity contribution is 7.89. The number of aryl methyl sites for hydroxylation is 2. The Labute approximate surface area is 187 Å². The van der Waals surface area contributed by atoms with Gasteiger partial charge in [0.05, 0.1) is 28.6 Å². The first kappa shape index (κ1) is 23.4. The van der Waals surface area contributed by atoms with Crippen molar-refractivity contribution in [2.45, 2.75) is 31.2 Å². The quantitative estimate of drug-likeness (QED) is 0.520. The molecule has 170 valence electrons. The van der Waals surface area contributed by atoms with Crippen LogP contribution in [0.2, 0.25) is 0 Å². The molecule has 0 fully saturated rings. The van der Waals surface area contributed by atoms with Crippen LogP contribution in [0.4, 0.5) is 5.69 Å². The second-order valence-electron chi connectivity index (χ2n) is 7.33. The van der Waals surface area contributed by atoms with Gasteiger partial charge in [0.2, 0.25) is 15.9 Å². The van der Waals surface area contributed by atoms with Crippen LogP contribution >= 0.6 is 0 Å². The van der Waals surface area contributed by atoms with Crippen molar-refractivity contribution in [2.75, 3.05) is 26.5 Å². The van der Waals surface area contributed by atoms with Gasteiger partial charge < -0.3 is 14.6 Å². The van der Waals surface area contributed by atoms with Gasteiger partial charge in [-0.2, -0.15) is 0 Å². The maximum absolute atomic E-state index is 12.4. The maximum atomic E-state index is 12.4. The van der Waals surface area contributed by atoms with Crippen LogP contribution in [0.5, 0.6) is 0 Å². The number of nitrogens with zero attached hydrogens (tertiary/aromatic N) is 3. The monoisotopic (exact) mass is 458 g/mol. The van der Waals surface area contributed by atoms with E-state index in [2.05, 4.69) is 15.0 Å². The van der Waals surface area contributed by atoms with Crippen LogP contribution < -0.4 is 5.32 Å². The van der Waals surface area contributed by atoms with Gasteiger partial charge >= 0.3 is 5.97 Å². The number of esters is 1. The first-order valence-corrected chi connectivity index (χ1v) is 11.5. The van der Waals surface area contributed by atoms with Crippen LogP contribution in [0, 0.1) is 0 Å². The molecule has 0 saturated heterocycles. The Bertz CT molecular complexity index is 1250. The van der Waals surface area contributed by atoms with E-state index in [4.69, 9.17) is 0 Å². The molecule has 10 heteroatoms. The Kier molecular flexibility index (Phi) is 6.95. The molecule has 0 aliphatic heterocycles. The summed E-state index contributed by atoms with van der Waals surface area (Å²) < 4.78 is 32.6. The van der Waals surface area contributed by atoms with Crippen molar-refractivity contribution in [3.05, 3.63) is 53.9 Å². The molecule has 3 aromatic rings. The zero-order valence-corrected chi connectivity index (χ0v) is 19.3. The molecule has 0 bridgehead atoms.